The molecule has 3 nitrogen and oxygen atoms in total. The van der Waals surface area contributed by atoms with Gasteiger partial charge in [-0.25, -0.2) is 0 Å². The van der Waals surface area contributed by atoms with Crippen LogP contribution in [0.15, 0.2) is 12.2 Å². The Kier molecular flexibility index (Phi) is 2.64. The molecule has 3 heteroatoms. The molecule has 0 saturated heterocycles. The van der Waals surface area contributed by atoms with Crippen LogP contribution in [0.3, 0.4) is 0 Å². The lowest BCUT2D eigenvalue weighted by Crippen LogP contribution is -2.45. The van der Waals surface area contributed by atoms with Crippen molar-refractivity contribution in [2.75, 3.05) is 0 Å². The zero-order valence-corrected chi connectivity index (χ0v) is 10.3. The summed E-state index contributed by atoms with van der Waals surface area (Å²) in [5.74, 6) is 1.60. The highest BCUT2D eigenvalue weighted by molar-refractivity contribution is 6.13. The van der Waals surface area contributed by atoms with Crippen LogP contribution in [0, 0.1) is 23.7 Å². The van der Waals surface area contributed by atoms with Crippen LogP contribution in [0.5, 0.6) is 0 Å². The highest BCUT2D eigenvalue weighted by Gasteiger charge is 2.47. The molecule has 5 atom stereocenters. The van der Waals surface area contributed by atoms with Crippen LogP contribution >= 0.6 is 0 Å². The Labute approximate surface area is 96.5 Å². The maximum atomic E-state index is 11.7. The Morgan fingerprint density at radius 1 is 0.812 bits per heavy atom. The first-order chi connectivity index (χ1) is 7.45. The van der Waals surface area contributed by atoms with Gasteiger partial charge in [0.15, 0.2) is 0 Å². The van der Waals surface area contributed by atoms with Crippen LogP contribution in [-0.2, 0) is 9.59 Å². The molecule has 0 aromatic heterocycles. The fourth-order valence-electron chi connectivity index (χ4n) is 3.23. The largest absolute Gasteiger partial charge is 0.272 e. The van der Waals surface area contributed by atoms with Crippen molar-refractivity contribution in [1.82, 2.24) is 4.90 Å². The van der Waals surface area contributed by atoms with Crippen molar-refractivity contribution in [3.05, 3.63) is 12.2 Å². The highest BCUT2D eigenvalue weighted by atomic mass is 16.2. The second-order valence-electron chi connectivity index (χ2n) is 5.31. The SMILES string of the molecule is C[C@@H]1[C@@H](C)[C@H](C)[C@H](N2C(=O)C=CC2=O)[C@@H]1C. The second-order valence-corrected chi connectivity index (χ2v) is 5.31. The molecule has 0 unspecified atom stereocenters. The van der Waals surface area contributed by atoms with Crippen LogP contribution in [0.4, 0.5) is 0 Å². The Bertz CT molecular complexity index is 329. The van der Waals surface area contributed by atoms with Gasteiger partial charge in [0.25, 0.3) is 11.8 Å². The lowest BCUT2D eigenvalue weighted by atomic mass is 9.92. The minimum atomic E-state index is -0.144. The summed E-state index contributed by atoms with van der Waals surface area (Å²) < 4.78 is 0. The van der Waals surface area contributed by atoms with Gasteiger partial charge in [-0.05, 0) is 23.7 Å². The number of hydrogen-bond donors (Lipinski definition) is 0. The van der Waals surface area contributed by atoms with Crippen LogP contribution in [0.1, 0.15) is 27.7 Å². The summed E-state index contributed by atoms with van der Waals surface area (Å²) in [4.78, 5) is 24.8. The molecule has 0 N–H and O–H groups in total. The topological polar surface area (TPSA) is 37.4 Å². The van der Waals surface area contributed by atoms with Gasteiger partial charge >= 0.3 is 0 Å². The molecule has 2 rings (SSSR count). The van der Waals surface area contributed by atoms with E-state index in [1.54, 1.807) is 0 Å². The molecule has 0 bridgehead atoms. The van der Waals surface area contributed by atoms with E-state index in [9.17, 15) is 9.59 Å². The third-order valence-corrected chi connectivity index (χ3v) is 4.71. The van der Waals surface area contributed by atoms with Gasteiger partial charge in [0.05, 0.1) is 0 Å². The zero-order chi connectivity index (χ0) is 12.0. The van der Waals surface area contributed by atoms with Crippen LogP contribution in [-0.4, -0.2) is 22.8 Å². The molecule has 2 aliphatic rings. The van der Waals surface area contributed by atoms with E-state index in [0.717, 1.165) is 0 Å². The molecule has 2 amide bonds. The van der Waals surface area contributed by atoms with E-state index in [4.69, 9.17) is 0 Å². The maximum Gasteiger partial charge on any atom is 0.253 e. The standard InChI is InChI=1S/C13H19NO2/c1-7-8(2)10(4)13(9(7)3)14-11(15)5-6-12(14)16/h5-10,13H,1-4H3/t7-,8-,9-,10+,13-/m1/s1. The normalized spacial score (nSPS) is 43.5. The quantitative estimate of drug-likeness (QED) is 0.634. The van der Waals surface area contributed by atoms with E-state index in [2.05, 4.69) is 27.7 Å². The summed E-state index contributed by atoms with van der Waals surface area (Å²) in [6, 6.07) is 0.0694. The van der Waals surface area contributed by atoms with Gasteiger partial charge < -0.3 is 0 Å². The smallest absolute Gasteiger partial charge is 0.253 e. The second kappa shape index (κ2) is 3.72. The molecule has 0 radical (unpaired) electrons. The first kappa shape index (κ1) is 11.4. The van der Waals surface area contributed by atoms with Gasteiger partial charge in [0, 0.05) is 18.2 Å². The van der Waals surface area contributed by atoms with Crippen molar-refractivity contribution < 1.29 is 9.59 Å². The van der Waals surface area contributed by atoms with Crippen molar-refractivity contribution >= 4 is 11.8 Å². The third kappa shape index (κ3) is 1.41. The number of imide groups is 1. The van der Waals surface area contributed by atoms with E-state index < -0.39 is 0 Å². The molecule has 1 heterocycles. The predicted molar refractivity (Wildman–Crippen MR) is 61.4 cm³/mol. The van der Waals surface area contributed by atoms with E-state index in [0.29, 0.717) is 23.7 Å². The molecule has 0 aromatic carbocycles. The van der Waals surface area contributed by atoms with Crippen LogP contribution in [0.25, 0.3) is 0 Å². The number of nitrogens with zero attached hydrogens (tertiary/aromatic N) is 1. The van der Waals surface area contributed by atoms with Gasteiger partial charge in [-0.15, -0.1) is 0 Å². The fourth-order valence-corrected chi connectivity index (χ4v) is 3.23. The van der Waals surface area contributed by atoms with Gasteiger partial charge in [-0.2, -0.15) is 0 Å². The summed E-state index contributed by atoms with van der Waals surface area (Å²) in [5, 5.41) is 0. The van der Waals surface area contributed by atoms with Crippen molar-refractivity contribution in [2.24, 2.45) is 23.7 Å². The van der Waals surface area contributed by atoms with E-state index in [1.807, 2.05) is 0 Å². The number of carbonyl (C=O) groups is 2. The van der Waals surface area contributed by atoms with Gasteiger partial charge in [-0.1, -0.05) is 27.7 Å². The lowest BCUT2D eigenvalue weighted by Gasteiger charge is -2.30. The summed E-state index contributed by atoms with van der Waals surface area (Å²) in [6.45, 7) is 8.72. The van der Waals surface area contributed by atoms with Crippen molar-refractivity contribution in [3.63, 3.8) is 0 Å². The zero-order valence-electron chi connectivity index (χ0n) is 10.3. The number of amides is 2. The van der Waals surface area contributed by atoms with Crippen molar-refractivity contribution in [2.45, 2.75) is 33.7 Å². The summed E-state index contributed by atoms with van der Waals surface area (Å²) in [7, 11) is 0. The molecule has 16 heavy (non-hydrogen) atoms. The monoisotopic (exact) mass is 221 g/mol. The molecule has 1 aliphatic heterocycles. The number of rotatable bonds is 1. The van der Waals surface area contributed by atoms with Gasteiger partial charge in [0.2, 0.25) is 0 Å². The first-order valence-electron chi connectivity index (χ1n) is 6.00. The molecule has 0 spiro atoms. The lowest BCUT2D eigenvalue weighted by molar-refractivity contribution is -0.141. The van der Waals surface area contributed by atoms with E-state index in [-0.39, 0.29) is 17.9 Å². The summed E-state index contributed by atoms with van der Waals surface area (Å²) >= 11 is 0. The van der Waals surface area contributed by atoms with Crippen LogP contribution < -0.4 is 0 Å². The molecule has 88 valence electrons. The summed E-state index contributed by atoms with van der Waals surface area (Å²) in [5.41, 5.74) is 0. The Hall–Kier alpha value is -1.12. The predicted octanol–water partition coefficient (Wildman–Crippen LogP) is 1.84. The number of hydrogen-bond acceptors (Lipinski definition) is 2. The molecule has 1 saturated carbocycles. The minimum absolute atomic E-state index is 0.0694. The minimum Gasteiger partial charge on any atom is -0.272 e. The highest BCUT2D eigenvalue weighted by Crippen LogP contribution is 2.44. The van der Waals surface area contributed by atoms with Crippen molar-refractivity contribution in [1.29, 1.82) is 0 Å². The van der Waals surface area contributed by atoms with E-state index in [1.165, 1.54) is 17.1 Å². The molecular formula is C13H19NO2. The Balaban J connectivity index is 2.28. The van der Waals surface area contributed by atoms with Gasteiger partial charge in [0.1, 0.15) is 0 Å². The van der Waals surface area contributed by atoms with E-state index >= 15 is 0 Å². The Morgan fingerprint density at radius 2 is 1.19 bits per heavy atom. The van der Waals surface area contributed by atoms with Crippen LogP contribution in [0.2, 0.25) is 0 Å². The fraction of sp³-hybridized carbons (Fsp3) is 0.692. The molecule has 1 aliphatic carbocycles. The molecule has 0 aromatic rings. The summed E-state index contributed by atoms with van der Waals surface area (Å²) in [6.07, 6.45) is 2.77. The van der Waals surface area contributed by atoms with Gasteiger partial charge in [-0.3, -0.25) is 14.5 Å². The number of carbonyl (C=O) groups excluding carboxylic acids is 2. The van der Waals surface area contributed by atoms with Crippen molar-refractivity contribution in [3.8, 4) is 0 Å². The maximum absolute atomic E-state index is 11.7. The molecule has 1 fully saturated rings. The molecular weight excluding hydrogens is 202 g/mol. The third-order valence-electron chi connectivity index (χ3n) is 4.71. The Morgan fingerprint density at radius 3 is 1.56 bits per heavy atom. The average molecular weight is 221 g/mol. The average Bonchev–Trinajstić information content (AvgIpc) is 2.65. The first-order valence-corrected chi connectivity index (χ1v) is 6.00.